The first kappa shape index (κ1) is 19.5. The fraction of sp³-hybridized carbons (Fsp3) is 0.650. The number of carbonyl (C=O) groups is 1. The number of benzene rings is 1. The first-order valence-corrected chi connectivity index (χ1v) is 9.63. The van der Waals surface area contributed by atoms with Crippen molar-refractivity contribution in [2.24, 2.45) is 23.5 Å². The monoisotopic (exact) mass is 380 g/mol. The molecule has 26 heavy (non-hydrogen) atoms. The maximum Gasteiger partial charge on any atom is 0.229 e. The van der Waals surface area contributed by atoms with Gasteiger partial charge in [0.2, 0.25) is 5.91 Å². The predicted molar refractivity (Wildman–Crippen MR) is 104 cm³/mol. The van der Waals surface area contributed by atoms with Crippen LogP contribution < -0.4 is 15.8 Å². The molecular weight excluding hydrogens is 352 g/mol. The van der Waals surface area contributed by atoms with Crippen molar-refractivity contribution < 1.29 is 14.6 Å². The number of carbonyl (C=O) groups excluding carboxylic acids is 1. The molecule has 144 valence electrons. The van der Waals surface area contributed by atoms with E-state index >= 15 is 0 Å². The predicted octanol–water partition coefficient (Wildman–Crippen LogP) is 3.10. The molecule has 1 aromatic rings. The average molecular weight is 381 g/mol. The van der Waals surface area contributed by atoms with Crippen molar-refractivity contribution in [1.29, 1.82) is 0 Å². The number of anilines is 1. The average Bonchev–Trinajstić information content (AvgIpc) is 3.19. The van der Waals surface area contributed by atoms with Crippen molar-refractivity contribution in [2.45, 2.75) is 63.2 Å². The zero-order valence-electron chi connectivity index (χ0n) is 15.0. The molecule has 0 radical (unpaired) electrons. The summed E-state index contributed by atoms with van der Waals surface area (Å²) >= 11 is 0. The summed E-state index contributed by atoms with van der Waals surface area (Å²) in [6.45, 7) is 0. The standard InChI is InChI=1S/C20H28N2O3.ClH/c21-19-13-6-5-12(11-13)18(19)20(24)22-14-7-9-15(10-8-14)25-17-4-2-1-3-16(17)23;/h7-10,12-13,16-19,23H,1-6,11,21H2,(H,22,24);1H. The summed E-state index contributed by atoms with van der Waals surface area (Å²) < 4.78 is 5.90. The summed E-state index contributed by atoms with van der Waals surface area (Å²) in [4.78, 5) is 12.6. The summed E-state index contributed by atoms with van der Waals surface area (Å²) in [6, 6.07) is 7.45. The number of hydrogen-bond acceptors (Lipinski definition) is 4. The number of fused-ring (bicyclic) bond motifs is 2. The first-order valence-electron chi connectivity index (χ1n) is 9.63. The van der Waals surface area contributed by atoms with Crippen molar-refractivity contribution in [3.63, 3.8) is 0 Å². The highest BCUT2D eigenvalue weighted by molar-refractivity contribution is 5.93. The molecule has 0 heterocycles. The number of halogens is 1. The molecule has 0 spiro atoms. The van der Waals surface area contributed by atoms with Crippen molar-refractivity contribution in [3.8, 4) is 5.75 Å². The van der Waals surface area contributed by atoms with Crippen LogP contribution in [0.4, 0.5) is 5.69 Å². The maximum atomic E-state index is 12.6. The van der Waals surface area contributed by atoms with Gasteiger partial charge in [0, 0.05) is 11.7 Å². The number of ether oxygens (including phenoxy) is 1. The van der Waals surface area contributed by atoms with Crippen LogP contribution in [0, 0.1) is 17.8 Å². The van der Waals surface area contributed by atoms with Crippen LogP contribution >= 0.6 is 12.4 Å². The van der Waals surface area contributed by atoms with Crippen LogP contribution in [-0.4, -0.2) is 29.3 Å². The van der Waals surface area contributed by atoms with Crippen LogP contribution in [0.2, 0.25) is 0 Å². The van der Waals surface area contributed by atoms with Gasteiger partial charge in [-0.25, -0.2) is 0 Å². The number of aliphatic hydroxyl groups excluding tert-OH is 1. The molecule has 5 nitrogen and oxygen atoms in total. The van der Waals surface area contributed by atoms with Gasteiger partial charge in [-0.05, 0) is 74.6 Å². The highest BCUT2D eigenvalue weighted by atomic mass is 35.5. The van der Waals surface area contributed by atoms with Crippen LogP contribution in [0.25, 0.3) is 0 Å². The smallest absolute Gasteiger partial charge is 0.229 e. The van der Waals surface area contributed by atoms with E-state index in [-0.39, 0.29) is 42.5 Å². The molecule has 0 aromatic heterocycles. The van der Waals surface area contributed by atoms with Gasteiger partial charge in [0.05, 0.1) is 12.0 Å². The SMILES string of the molecule is Cl.NC1C2CCC(C2)C1C(=O)Nc1ccc(OC2CCCCC2O)cc1. The topological polar surface area (TPSA) is 84.6 Å². The third kappa shape index (κ3) is 3.85. The molecule has 2 bridgehead atoms. The van der Waals surface area contributed by atoms with E-state index in [1.165, 1.54) is 6.42 Å². The van der Waals surface area contributed by atoms with Crippen LogP contribution in [0.15, 0.2) is 24.3 Å². The lowest BCUT2D eigenvalue weighted by Crippen LogP contribution is -2.42. The number of amides is 1. The second-order valence-corrected chi connectivity index (χ2v) is 7.96. The summed E-state index contributed by atoms with van der Waals surface area (Å²) in [5.74, 6) is 1.72. The van der Waals surface area contributed by atoms with Crippen molar-refractivity contribution in [3.05, 3.63) is 24.3 Å². The molecule has 4 rings (SSSR count). The Morgan fingerprint density at radius 1 is 1.08 bits per heavy atom. The minimum absolute atomic E-state index is 0. The molecule has 3 saturated carbocycles. The fourth-order valence-corrected chi connectivity index (χ4v) is 4.96. The molecule has 6 heteroatoms. The Bertz CT molecular complexity index is 622. The first-order chi connectivity index (χ1) is 12.1. The minimum Gasteiger partial charge on any atom is -0.488 e. The second kappa shape index (κ2) is 8.15. The van der Waals surface area contributed by atoms with Gasteiger partial charge in [-0.3, -0.25) is 4.79 Å². The van der Waals surface area contributed by atoms with E-state index in [9.17, 15) is 9.90 Å². The zero-order chi connectivity index (χ0) is 17.4. The Hall–Kier alpha value is -1.30. The molecule has 1 amide bonds. The molecule has 6 unspecified atom stereocenters. The largest absolute Gasteiger partial charge is 0.488 e. The van der Waals surface area contributed by atoms with Gasteiger partial charge in [-0.2, -0.15) is 0 Å². The Labute approximate surface area is 161 Å². The number of hydrogen-bond donors (Lipinski definition) is 3. The minimum atomic E-state index is -0.382. The zero-order valence-corrected chi connectivity index (χ0v) is 15.8. The van der Waals surface area contributed by atoms with Crippen LogP contribution in [0.1, 0.15) is 44.9 Å². The lowest BCUT2D eigenvalue weighted by atomic mass is 9.84. The van der Waals surface area contributed by atoms with Crippen molar-refractivity contribution in [1.82, 2.24) is 0 Å². The summed E-state index contributed by atoms with van der Waals surface area (Å²) in [5, 5.41) is 13.0. The highest BCUT2D eigenvalue weighted by Crippen LogP contribution is 2.47. The Balaban J connectivity index is 0.00000196. The van der Waals surface area contributed by atoms with Gasteiger partial charge >= 0.3 is 0 Å². The molecular formula is C20H29ClN2O3. The van der Waals surface area contributed by atoms with Crippen LogP contribution in [0.3, 0.4) is 0 Å². The highest BCUT2D eigenvalue weighted by Gasteiger charge is 2.49. The molecule has 0 aliphatic heterocycles. The molecule has 3 aliphatic carbocycles. The molecule has 3 aliphatic rings. The Morgan fingerprint density at radius 3 is 2.42 bits per heavy atom. The van der Waals surface area contributed by atoms with E-state index in [0.717, 1.165) is 50.0 Å². The third-order valence-electron chi connectivity index (χ3n) is 6.36. The van der Waals surface area contributed by atoms with Gasteiger partial charge in [-0.15, -0.1) is 12.4 Å². The summed E-state index contributed by atoms with van der Waals surface area (Å²) in [7, 11) is 0. The molecule has 4 N–H and O–H groups in total. The molecule has 3 fully saturated rings. The number of rotatable bonds is 4. The van der Waals surface area contributed by atoms with Gasteiger partial charge < -0.3 is 20.9 Å². The van der Waals surface area contributed by atoms with E-state index in [1.807, 2.05) is 24.3 Å². The summed E-state index contributed by atoms with van der Waals surface area (Å²) in [5.41, 5.74) is 7.03. The molecule has 1 aromatic carbocycles. The maximum absolute atomic E-state index is 12.6. The van der Waals surface area contributed by atoms with Crippen LogP contribution in [-0.2, 0) is 4.79 Å². The summed E-state index contributed by atoms with van der Waals surface area (Å²) in [6.07, 6.45) is 6.77. The third-order valence-corrected chi connectivity index (χ3v) is 6.36. The van der Waals surface area contributed by atoms with E-state index in [4.69, 9.17) is 10.5 Å². The Morgan fingerprint density at radius 2 is 1.77 bits per heavy atom. The molecule has 6 atom stereocenters. The van der Waals surface area contributed by atoms with E-state index in [2.05, 4.69) is 5.32 Å². The number of nitrogens with two attached hydrogens (primary N) is 1. The van der Waals surface area contributed by atoms with Gasteiger partial charge in [0.25, 0.3) is 0 Å². The lowest BCUT2D eigenvalue weighted by molar-refractivity contribution is -0.121. The van der Waals surface area contributed by atoms with Crippen molar-refractivity contribution in [2.75, 3.05) is 5.32 Å². The van der Waals surface area contributed by atoms with E-state index in [0.29, 0.717) is 11.8 Å². The van der Waals surface area contributed by atoms with Gasteiger partial charge in [0.15, 0.2) is 0 Å². The lowest BCUT2D eigenvalue weighted by Gasteiger charge is -2.28. The number of aliphatic hydroxyl groups is 1. The van der Waals surface area contributed by atoms with E-state index < -0.39 is 0 Å². The van der Waals surface area contributed by atoms with Gasteiger partial charge in [0.1, 0.15) is 11.9 Å². The fourth-order valence-electron chi connectivity index (χ4n) is 4.96. The normalized spacial score (nSPS) is 35.6. The second-order valence-electron chi connectivity index (χ2n) is 7.96. The van der Waals surface area contributed by atoms with Crippen LogP contribution in [0.5, 0.6) is 5.75 Å². The Kier molecular flexibility index (Phi) is 6.10. The number of nitrogens with one attached hydrogen (secondary N) is 1. The van der Waals surface area contributed by atoms with Gasteiger partial charge in [-0.1, -0.05) is 6.42 Å². The van der Waals surface area contributed by atoms with Crippen molar-refractivity contribution >= 4 is 24.0 Å². The molecule has 0 saturated heterocycles. The van der Waals surface area contributed by atoms with E-state index in [1.54, 1.807) is 0 Å². The quantitative estimate of drug-likeness (QED) is 0.749.